The van der Waals surface area contributed by atoms with Crippen molar-refractivity contribution in [1.29, 1.82) is 0 Å². The Morgan fingerprint density at radius 2 is 1.90 bits per heavy atom. The van der Waals surface area contributed by atoms with Crippen LogP contribution in [0.25, 0.3) is 0 Å². The molecule has 0 radical (unpaired) electrons. The zero-order chi connectivity index (χ0) is 7.45. The van der Waals surface area contributed by atoms with Crippen molar-refractivity contribution in [3.63, 3.8) is 0 Å². The lowest BCUT2D eigenvalue weighted by atomic mass is 10.0. The van der Waals surface area contributed by atoms with Crippen LogP contribution in [-0.2, 0) is 4.74 Å². The van der Waals surface area contributed by atoms with Crippen molar-refractivity contribution in [1.82, 2.24) is 0 Å². The van der Waals surface area contributed by atoms with E-state index in [-0.39, 0.29) is 5.60 Å². The third-order valence-corrected chi connectivity index (χ3v) is 2.15. The summed E-state index contributed by atoms with van der Waals surface area (Å²) in [4.78, 5) is 0. The van der Waals surface area contributed by atoms with E-state index < -0.39 is 0 Å². The second kappa shape index (κ2) is 3.07. The van der Waals surface area contributed by atoms with Gasteiger partial charge in [0.05, 0.1) is 0 Å². The normalized spacial score (nSPS) is 21.8. The SMILES string of the molecule is CC#CC1(OC)CCCC1. The minimum Gasteiger partial charge on any atom is -0.366 e. The van der Waals surface area contributed by atoms with Crippen LogP contribution in [0.3, 0.4) is 0 Å². The van der Waals surface area contributed by atoms with Gasteiger partial charge in [0.15, 0.2) is 0 Å². The Morgan fingerprint density at radius 1 is 1.30 bits per heavy atom. The van der Waals surface area contributed by atoms with Crippen LogP contribution in [0, 0.1) is 11.8 Å². The van der Waals surface area contributed by atoms with Gasteiger partial charge in [-0.3, -0.25) is 0 Å². The van der Waals surface area contributed by atoms with Crippen molar-refractivity contribution in [3.8, 4) is 11.8 Å². The summed E-state index contributed by atoms with van der Waals surface area (Å²) < 4.78 is 5.37. The molecule has 1 aliphatic rings. The fraction of sp³-hybridized carbons (Fsp3) is 0.778. The summed E-state index contributed by atoms with van der Waals surface area (Å²) >= 11 is 0. The van der Waals surface area contributed by atoms with E-state index in [2.05, 4.69) is 11.8 Å². The number of ether oxygens (including phenoxy) is 1. The Bertz CT molecular complexity index is 155. The molecule has 1 aliphatic carbocycles. The van der Waals surface area contributed by atoms with Crippen molar-refractivity contribution in [2.24, 2.45) is 0 Å². The van der Waals surface area contributed by atoms with E-state index in [0.29, 0.717) is 0 Å². The molecule has 0 spiro atoms. The van der Waals surface area contributed by atoms with Crippen LogP contribution >= 0.6 is 0 Å². The van der Waals surface area contributed by atoms with Gasteiger partial charge in [-0.1, -0.05) is 5.92 Å². The first-order valence-corrected chi connectivity index (χ1v) is 3.82. The van der Waals surface area contributed by atoms with E-state index in [1.165, 1.54) is 12.8 Å². The van der Waals surface area contributed by atoms with Crippen molar-refractivity contribution < 1.29 is 4.74 Å². The molecule has 0 N–H and O–H groups in total. The Labute approximate surface area is 62.8 Å². The second-order valence-corrected chi connectivity index (χ2v) is 2.78. The molecule has 0 saturated heterocycles. The second-order valence-electron chi connectivity index (χ2n) is 2.78. The number of rotatable bonds is 1. The van der Waals surface area contributed by atoms with Crippen LogP contribution < -0.4 is 0 Å². The topological polar surface area (TPSA) is 9.23 Å². The van der Waals surface area contributed by atoms with Crippen molar-refractivity contribution in [2.75, 3.05) is 7.11 Å². The van der Waals surface area contributed by atoms with E-state index in [0.717, 1.165) is 12.8 Å². The highest BCUT2D eigenvalue weighted by Crippen LogP contribution is 2.31. The molecule has 56 valence electrons. The molecule has 1 fully saturated rings. The Morgan fingerprint density at radius 3 is 2.30 bits per heavy atom. The van der Waals surface area contributed by atoms with E-state index >= 15 is 0 Å². The average molecular weight is 138 g/mol. The summed E-state index contributed by atoms with van der Waals surface area (Å²) in [7, 11) is 1.76. The Balaban J connectivity index is 2.64. The molecule has 0 aliphatic heterocycles. The van der Waals surface area contributed by atoms with Crippen LogP contribution in [0.5, 0.6) is 0 Å². The molecule has 1 heteroatoms. The lowest BCUT2D eigenvalue weighted by Crippen LogP contribution is -2.24. The first-order chi connectivity index (χ1) is 4.83. The zero-order valence-corrected chi connectivity index (χ0v) is 6.74. The van der Waals surface area contributed by atoms with Crippen LogP contribution in [-0.4, -0.2) is 12.7 Å². The van der Waals surface area contributed by atoms with Crippen molar-refractivity contribution in [2.45, 2.75) is 38.2 Å². The molecular weight excluding hydrogens is 124 g/mol. The highest BCUT2D eigenvalue weighted by molar-refractivity contribution is 5.14. The quantitative estimate of drug-likeness (QED) is 0.503. The van der Waals surface area contributed by atoms with Gasteiger partial charge in [0, 0.05) is 7.11 Å². The van der Waals surface area contributed by atoms with Crippen LogP contribution in [0.15, 0.2) is 0 Å². The zero-order valence-electron chi connectivity index (χ0n) is 6.74. The van der Waals surface area contributed by atoms with E-state index in [1.807, 2.05) is 6.92 Å². The maximum Gasteiger partial charge on any atom is 0.128 e. The predicted octanol–water partition coefficient (Wildman–Crippen LogP) is 1.97. The average Bonchev–Trinajstić information content (AvgIpc) is 2.39. The molecule has 0 aromatic heterocycles. The molecular formula is C9H14O. The lowest BCUT2D eigenvalue weighted by molar-refractivity contribution is 0.0474. The molecule has 1 nitrogen and oxygen atoms in total. The van der Waals surface area contributed by atoms with Crippen LogP contribution in [0.4, 0.5) is 0 Å². The van der Waals surface area contributed by atoms with Gasteiger partial charge in [0.25, 0.3) is 0 Å². The summed E-state index contributed by atoms with van der Waals surface area (Å²) in [6.07, 6.45) is 4.76. The molecule has 0 bridgehead atoms. The summed E-state index contributed by atoms with van der Waals surface area (Å²) in [6.45, 7) is 1.87. The highest BCUT2D eigenvalue weighted by Gasteiger charge is 2.31. The molecule has 10 heavy (non-hydrogen) atoms. The minimum absolute atomic E-state index is 0.0747. The molecule has 0 aromatic carbocycles. The molecule has 0 unspecified atom stereocenters. The first-order valence-electron chi connectivity index (χ1n) is 3.82. The first kappa shape index (κ1) is 7.63. The monoisotopic (exact) mass is 138 g/mol. The van der Waals surface area contributed by atoms with Crippen LogP contribution in [0.2, 0.25) is 0 Å². The van der Waals surface area contributed by atoms with Gasteiger partial charge in [0.2, 0.25) is 0 Å². The maximum absolute atomic E-state index is 5.37. The van der Waals surface area contributed by atoms with Gasteiger partial charge in [-0.05, 0) is 32.6 Å². The van der Waals surface area contributed by atoms with E-state index in [9.17, 15) is 0 Å². The molecule has 0 amide bonds. The largest absolute Gasteiger partial charge is 0.366 e. The molecule has 0 heterocycles. The predicted molar refractivity (Wildman–Crippen MR) is 41.7 cm³/mol. The van der Waals surface area contributed by atoms with Gasteiger partial charge in [-0.15, -0.1) is 5.92 Å². The molecule has 0 aromatic rings. The number of hydrogen-bond acceptors (Lipinski definition) is 1. The number of methoxy groups -OCH3 is 1. The smallest absolute Gasteiger partial charge is 0.128 e. The number of hydrogen-bond donors (Lipinski definition) is 0. The third kappa shape index (κ3) is 1.33. The summed E-state index contributed by atoms with van der Waals surface area (Å²) in [5.41, 5.74) is -0.0747. The summed E-state index contributed by atoms with van der Waals surface area (Å²) in [5.74, 6) is 6.06. The fourth-order valence-electron chi connectivity index (χ4n) is 1.55. The summed E-state index contributed by atoms with van der Waals surface area (Å²) in [6, 6.07) is 0. The van der Waals surface area contributed by atoms with Crippen molar-refractivity contribution in [3.05, 3.63) is 0 Å². The van der Waals surface area contributed by atoms with Gasteiger partial charge in [-0.2, -0.15) is 0 Å². The standard InChI is InChI=1S/C9H14O/c1-3-6-9(10-2)7-4-5-8-9/h4-5,7-8H2,1-2H3. The Kier molecular flexibility index (Phi) is 2.34. The molecule has 1 rings (SSSR count). The van der Waals surface area contributed by atoms with Crippen molar-refractivity contribution >= 4 is 0 Å². The third-order valence-electron chi connectivity index (χ3n) is 2.15. The lowest BCUT2D eigenvalue weighted by Gasteiger charge is -2.19. The fourth-order valence-corrected chi connectivity index (χ4v) is 1.55. The highest BCUT2D eigenvalue weighted by atomic mass is 16.5. The van der Waals surface area contributed by atoms with E-state index in [1.54, 1.807) is 7.11 Å². The van der Waals surface area contributed by atoms with Gasteiger partial charge >= 0.3 is 0 Å². The summed E-state index contributed by atoms with van der Waals surface area (Å²) in [5, 5.41) is 0. The molecule has 1 saturated carbocycles. The minimum atomic E-state index is -0.0747. The molecule has 0 atom stereocenters. The van der Waals surface area contributed by atoms with Crippen LogP contribution in [0.1, 0.15) is 32.6 Å². The van der Waals surface area contributed by atoms with Gasteiger partial charge < -0.3 is 4.74 Å². The maximum atomic E-state index is 5.37. The van der Waals surface area contributed by atoms with Gasteiger partial charge in [-0.25, -0.2) is 0 Å². The Hall–Kier alpha value is -0.480. The van der Waals surface area contributed by atoms with Gasteiger partial charge in [0.1, 0.15) is 5.60 Å². The van der Waals surface area contributed by atoms with E-state index in [4.69, 9.17) is 4.74 Å².